The first-order valence-corrected chi connectivity index (χ1v) is 7.81. The summed E-state index contributed by atoms with van der Waals surface area (Å²) in [7, 11) is 0. The number of quaternary nitrogens is 1. The zero-order chi connectivity index (χ0) is 14.5. The van der Waals surface area contributed by atoms with E-state index in [0.29, 0.717) is 6.54 Å². The Balaban J connectivity index is 1.80. The van der Waals surface area contributed by atoms with E-state index in [1.807, 2.05) is 24.3 Å². The molecule has 2 rings (SSSR count). The van der Waals surface area contributed by atoms with Gasteiger partial charge in [-0.15, -0.1) is 0 Å². The van der Waals surface area contributed by atoms with Crippen molar-refractivity contribution < 1.29 is 14.5 Å². The van der Waals surface area contributed by atoms with Gasteiger partial charge in [0.05, 0.1) is 13.1 Å². The number of carbonyl (C=O) groups excluding carboxylic acids is 2. The van der Waals surface area contributed by atoms with Gasteiger partial charge in [0, 0.05) is 28.0 Å². The summed E-state index contributed by atoms with van der Waals surface area (Å²) in [5.74, 6) is -0.218. The Morgan fingerprint density at radius 1 is 1.35 bits per heavy atom. The molecule has 0 radical (unpaired) electrons. The van der Waals surface area contributed by atoms with Gasteiger partial charge in [0.15, 0.2) is 6.54 Å². The molecule has 1 fully saturated rings. The summed E-state index contributed by atoms with van der Waals surface area (Å²) in [6, 6.07) is 7.72. The Kier molecular flexibility index (Phi) is 5.36. The second-order valence-electron chi connectivity index (χ2n) is 5.16. The summed E-state index contributed by atoms with van der Waals surface area (Å²) >= 11 is 2.22. The lowest BCUT2D eigenvalue weighted by Gasteiger charge is -2.27. The minimum atomic E-state index is -0.215. The molecular weight excluding hydrogens is 369 g/mol. The monoisotopic (exact) mass is 388 g/mol. The second-order valence-corrected chi connectivity index (χ2v) is 6.41. The number of halogens is 1. The number of amides is 2. The molecular formula is C14H19IN3O2+. The molecule has 1 aliphatic heterocycles. The van der Waals surface area contributed by atoms with Gasteiger partial charge in [-0.3, -0.25) is 9.59 Å². The predicted octanol–water partition coefficient (Wildman–Crippen LogP) is 0.00990. The van der Waals surface area contributed by atoms with Gasteiger partial charge in [-0.2, -0.15) is 0 Å². The number of carbonyl (C=O) groups is 2. The fourth-order valence-corrected chi connectivity index (χ4v) is 3.03. The Labute approximate surface area is 132 Å². The highest BCUT2D eigenvalue weighted by Gasteiger charge is 2.26. The van der Waals surface area contributed by atoms with Crippen molar-refractivity contribution in [3.05, 3.63) is 27.8 Å². The standard InChI is InChI=1S/C14H18IN3O2/c15-11-2-1-3-12(8-11)17-13(19)9-18-6-4-10(5-7-18)14(16)20/h1-3,8,10H,4-7,9H2,(H2,16,20)(H,17,19)/p+1. The molecule has 108 valence electrons. The van der Waals surface area contributed by atoms with Gasteiger partial charge in [0.1, 0.15) is 0 Å². The summed E-state index contributed by atoms with van der Waals surface area (Å²) in [5, 5.41) is 2.91. The molecule has 0 aliphatic carbocycles. The normalized spacial score (nSPS) is 22.2. The van der Waals surface area contributed by atoms with Crippen LogP contribution in [0.4, 0.5) is 5.69 Å². The van der Waals surface area contributed by atoms with Crippen LogP contribution in [0.2, 0.25) is 0 Å². The van der Waals surface area contributed by atoms with Crippen LogP contribution in [0.25, 0.3) is 0 Å². The van der Waals surface area contributed by atoms with Crippen molar-refractivity contribution in [3.63, 3.8) is 0 Å². The third kappa shape index (κ3) is 4.45. The highest BCUT2D eigenvalue weighted by atomic mass is 127. The Morgan fingerprint density at radius 3 is 2.65 bits per heavy atom. The molecule has 1 aromatic rings. The SMILES string of the molecule is NC(=O)C1CC[NH+](CC(=O)Nc2cccc(I)c2)CC1. The molecule has 1 aliphatic rings. The summed E-state index contributed by atoms with van der Waals surface area (Å²) in [6.07, 6.45) is 1.56. The maximum Gasteiger partial charge on any atom is 0.279 e. The Morgan fingerprint density at radius 2 is 2.05 bits per heavy atom. The van der Waals surface area contributed by atoms with E-state index in [1.54, 1.807) is 0 Å². The average Bonchev–Trinajstić information content (AvgIpc) is 2.39. The van der Waals surface area contributed by atoms with Crippen LogP contribution in [-0.4, -0.2) is 31.4 Å². The van der Waals surface area contributed by atoms with E-state index in [4.69, 9.17) is 5.73 Å². The molecule has 0 saturated carbocycles. The molecule has 0 atom stereocenters. The smallest absolute Gasteiger partial charge is 0.279 e. The second kappa shape index (κ2) is 7.03. The number of rotatable bonds is 4. The van der Waals surface area contributed by atoms with E-state index in [9.17, 15) is 9.59 Å². The number of anilines is 1. The highest BCUT2D eigenvalue weighted by molar-refractivity contribution is 14.1. The van der Waals surface area contributed by atoms with E-state index in [-0.39, 0.29) is 17.7 Å². The van der Waals surface area contributed by atoms with Crippen LogP contribution in [-0.2, 0) is 9.59 Å². The molecule has 1 saturated heterocycles. The molecule has 5 nitrogen and oxygen atoms in total. The lowest BCUT2D eigenvalue weighted by molar-refractivity contribution is -0.897. The lowest BCUT2D eigenvalue weighted by atomic mass is 9.96. The third-order valence-electron chi connectivity index (χ3n) is 3.61. The van der Waals surface area contributed by atoms with Crippen molar-refractivity contribution in [2.75, 3.05) is 25.0 Å². The molecule has 1 aromatic carbocycles. The van der Waals surface area contributed by atoms with Crippen LogP contribution >= 0.6 is 22.6 Å². The number of nitrogens with one attached hydrogen (secondary N) is 2. The number of hydrogen-bond donors (Lipinski definition) is 3. The van der Waals surface area contributed by atoms with Crippen LogP contribution < -0.4 is 16.0 Å². The van der Waals surface area contributed by atoms with E-state index in [1.165, 1.54) is 4.90 Å². The number of hydrogen-bond acceptors (Lipinski definition) is 2. The van der Waals surface area contributed by atoms with Gasteiger partial charge >= 0.3 is 0 Å². The van der Waals surface area contributed by atoms with E-state index in [2.05, 4.69) is 27.9 Å². The molecule has 0 spiro atoms. The van der Waals surface area contributed by atoms with Crippen molar-refractivity contribution in [3.8, 4) is 0 Å². The van der Waals surface area contributed by atoms with Crippen LogP contribution in [0.5, 0.6) is 0 Å². The first-order chi connectivity index (χ1) is 9.54. The molecule has 6 heteroatoms. The zero-order valence-corrected chi connectivity index (χ0v) is 13.4. The third-order valence-corrected chi connectivity index (χ3v) is 4.28. The topological polar surface area (TPSA) is 76.6 Å². The maximum atomic E-state index is 12.0. The van der Waals surface area contributed by atoms with Crippen LogP contribution in [0, 0.1) is 9.49 Å². The first kappa shape index (κ1) is 15.2. The molecule has 4 N–H and O–H groups in total. The lowest BCUT2D eigenvalue weighted by Crippen LogP contribution is -3.14. The van der Waals surface area contributed by atoms with Crippen molar-refractivity contribution in [2.24, 2.45) is 11.7 Å². The minimum Gasteiger partial charge on any atom is -0.369 e. The maximum absolute atomic E-state index is 12.0. The fraction of sp³-hybridized carbons (Fsp3) is 0.429. The summed E-state index contributed by atoms with van der Waals surface area (Å²) in [6.45, 7) is 2.09. The van der Waals surface area contributed by atoms with Crippen LogP contribution in [0.15, 0.2) is 24.3 Å². The molecule has 0 bridgehead atoms. The number of likely N-dealkylation sites (tertiary alicyclic amines) is 1. The molecule has 20 heavy (non-hydrogen) atoms. The predicted molar refractivity (Wildman–Crippen MR) is 85.3 cm³/mol. The summed E-state index contributed by atoms with van der Waals surface area (Å²) < 4.78 is 1.09. The molecule has 1 heterocycles. The molecule has 0 unspecified atom stereocenters. The number of primary amides is 1. The molecule has 0 aromatic heterocycles. The van der Waals surface area contributed by atoms with Gasteiger partial charge in [-0.05, 0) is 40.8 Å². The quantitative estimate of drug-likeness (QED) is 0.636. The van der Waals surface area contributed by atoms with Gasteiger partial charge in [-0.1, -0.05) is 6.07 Å². The number of piperidine rings is 1. The van der Waals surface area contributed by atoms with Crippen molar-refractivity contribution in [2.45, 2.75) is 12.8 Å². The Bertz CT molecular complexity index is 499. The van der Waals surface area contributed by atoms with Crippen LogP contribution in [0.1, 0.15) is 12.8 Å². The minimum absolute atomic E-state index is 0.0134. The average molecular weight is 388 g/mol. The summed E-state index contributed by atoms with van der Waals surface area (Å²) in [5.41, 5.74) is 6.13. The zero-order valence-electron chi connectivity index (χ0n) is 11.2. The molecule has 2 amide bonds. The first-order valence-electron chi connectivity index (χ1n) is 6.73. The van der Waals surface area contributed by atoms with Gasteiger partial charge in [0.25, 0.3) is 5.91 Å². The van der Waals surface area contributed by atoms with Gasteiger partial charge < -0.3 is 16.0 Å². The van der Waals surface area contributed by atoms with Gasteiger partial charge in [-0.25, -0.2) is 0 Å². The fourth-order valence-electron chi connectivity index (χ4n) is 2.49. The summed E-state index contributed by atoms with van der Waals surface area (Å²) in [4.78, 5) is 24.3. The largest absolute Gasteiger partial charge is 0.369 e. The van der Waals surface area contributed by atoms with E-state index in [0.717, 1.165) is 35.2 Å². The number of benzene rings is 1. The van der Waals surface area contributed by atoms with Gasteiger partial charge in [0.2, 0.25) is 5.91 Å². The van der Waals surface area contributed by atoms with Crippen molar-refractivity contribution in [1.29, 1.82) is 0 Å². The van der Waals surface area contributed by atoms with E-state index >= 15 is 0 Å². The van der Waals surface area contributed by atoms with E-state index < -0.39 is 0 Å². The number of nitrogens with two attached hydrogens (primary N) is 1. The van der Waals surface area contributed by atoms with Crippen molar-refractivity contribution >= 4 is 40.1 Å². The highest BCUT2D eigenvalue weighted by Crippen LogP contribution is 2.12. The van der Waals surface area contributed by atoms with Crippen molar-refractivity contribution in [1.82, 2.24) is 0 Å². The Hall–Kier alpha value is -1.15. The van der Waals surface area contributed by atoms with Crippen LogP contribution in [0.3, 0.4) is 0 Å².